The average molecular weight is 281 g/mol. The minimum Gasteiger partial charge on any atom is -0.494 e. The molecule has 2 rings (SSSR count). The predicted octanol–water partition coefficient (Wildman–Crippen LogP) is 1.92. The van der Waals surface area contributed by atoms with Gasteiger partial charge in [-0.3, -0.25) is 0 Å². The molecule has 0 aliphatic rings. The number of hydrogen-bond donors (Lipinski definition) is 2. The molecule has 2 aromatic rings. The van der Waals surface area contributed by atoms with Crippen molar-refractivity contribution in [2.45, 2.75) is 18.7 Å². The van der Waals surface area contributed by atoms with E-state index < -0.39 is 10.0 Å². The number of imidazole rings is 1. The van der Waals surface area contributed by atoms with Gasteiger partial charge >= 0.3 is 0 Å². The molecule has 0 atom stereocenters. The number of nitrogens with zero attached hydrogens (tertiary/aromatic N) is 1. The summed E-state index contributed by atoms with van der Waals surface area (Å²) in [6, 6.07) is 4.72. The Hall–Kier alpha value is -2.02. The third-order valence-electron chi connectivity index (χ3n) is 2.49. The summed E-state index contributed by atoms with van der Waals surface area (Å²) in [5.74, 6) is 0.867. The number of H-pyrrole nitrogens is 1. The summed E-state index contributed by atoms with van der Waals surface area (Å²) in [6.07, 6.45) is 3.02. The summed E-state index contributed by atoms with van der Waals surface area (Å²) >= 11 is 0. The Morgan fingerprint density at radius 1 is 1.42 bits per heavy atom. The van der Waals surface area contributed by atoms with Gasteiger partial charge in [0, 0.05) is 12.4 Å². The molecule has 102 valence electrons. The molecular weight excluding hydrogens is 266 g/mol. The molecule has 0 spiro atoms. The van der Waals surface area contributed by atoms with Gasteiger partial charge in [-0.15, -0.1) is 0 Å². The maximum atomic E-state index is 12.1. The fourth-order valence-electron chi connectivity index (χ4n) is 1.61. The fraction of sp³-hybridized carbons (Fsp3) is 0.250. The fourth-order valence-corrected chi connectivity index (χ4v) is 2.68. The van der Waals surface area contributed by atoms with Crippen LogP contribution in [-0.2, 0) is 10.0 Å². The lowest BCUT2D eigenvalue weighted by Crippen LogP contribution is -2.14. The third kappa shape index (κ3) is 3.05. The van der Waals surface area contributed by atoms with Gasteiger partial charge in [-0.2, -0.15) is 0 Å². The van der Waals surface area contributed by atoms with Crippen molar-refractivity contribution in [2.24, 2.45) is 0 Å². The number of rotatable bonds is 5. The zero-order chi connectivity index (χ0) is 13.9. The van der Waals surface area contributed by atoms with Crippen molar-refractivity contribution >= 4 is 16.0 Å². The summed E-state index contributed by atoms with van der Waals surface area (Å²) in [5.41, 5.74) is 0.768. The molecule has 1 aromatic heterocycles. The second kappa shape index (κ2) is 5.31. The molecule has 1 heterocycles. The Kier molecular flexibility index (Phi) is 3.75. The van der Waals surface area contributed by atoms with E-state index in [1.807, 2.05) is 6.92 Å². The molecule has 0 fully saturated rings. The van der Waals surface area contributed by atoms with Crippen LogP contribution >= 0.6 is 0 Å². The second-order valence-corrected chi connectivity index (χ2v) is 5.59. The lowest BCUT2D eigenvalue weighted by molar-refractivity contribution is 0.337. The normalized spacial score (nSPS) is 11.3. The van der Waals surface area contributed by atoms with Crippen molar-refractivity contribution in [2.75, 3.05) is 11.3 Å². The van der Waals surface area contributed by atoms with Gasteiger partial charge < -0.3 is 9.72 Å². The highest BCUT2D eigenvalue weighted by atomic mass is 32.2. The summed E-state index contributed by atoms with van der Waals surface area (Å²) in [7, 11) is -3.64. The smallest absolute Gasteiger partial charge is 0.264 e. The van der Waals surface area contributed by atoms with Crippen LogP contribution in [0.4, 0.5) is 5.95 Å². The Morgan fingerprint density at radius 3 is 2.79 bits per heavy atom. The molecule has 2 N–H and O–H groups in total. The Labute approximate surface area is 111 Å². The van der Waals surface area contributed by atoms with Gasteiger partial charge in [-0.1, -0.05) is 0 Å². The number of aromatic nitrogens is 2. The van der Waals surface area contributed by atoms with Crippen LogP contribution in [-0.4, -0.2) is 25.0 Å². The third-order valence-corrected chi connectivity index (χ3v) is 3.82. The highest BCUT2D eigenvalue weighted by Gasteiger charge is 2.16. The van der Waals surface area contributed by atoms with E-state index in [4.69, 9.17) is 4.74 Å². The Morgan fingerprint density at radius 2 is 2.21 bits per heavy atom. The van der Waals surface area contributed by atoms with Crippen LogP contribution in [0.3, 0.4) is 0 Å². The zero-order valence-corrected chi connectivity index (χ0v) is 11.5. The number of anilines is 1. The molecule has 1 aromatic carbocycles. The van der Waals surface area contributed by atoms with Crippen molar-refractivity contribution in [1.82, 2.24) is 9.97 Å². The van der Waals surface area contributed by atoms with Crippen molar-refractivity contribution in [1.29, 1.82) is 0 Å². The van der Waals surface area contributed by atoms with Crippen molar-refractivity contribution < 1.29 is 13.2 Å². The van der Waals surface area contributed by atoms with Gasteiger partial charge in [0.2, 0.25) is 5.95 Å². The lowest BCUT2D eigenvalue weighted by Gasteiger charge is -2.10. The quantitative estimate of drug-likeness (QED) is 0.877. The van der Waals surface area contributed by atoms with Crippen molar-refractivity contribution in [3.63, 3.8) is 0 Å². The van der Waals surface area contributed by atoms with E-state index in [1.54, 1.807) is 25.3 Å². The van der Waals surface area contributed by atoms with Crippen LogP contribution in [0.2, 0.25) is 0 Å². The summed E-state index contributed by atoms with van der Waals surface area (Å²) in [4.78, 5) is 6.68. The molecule has 6 nitrogen and oxygen atoms in total. The van der Waals surface area contributed by atoms with E-state index in [-0.39, 0.29) is 10.8 Å². The SMILES string of the molecule is CCOc1ccc(S(=O)(=O)Nc2ncc[nH]2)cc1C. The number of nitrogens with one attached hydrogen (secondary N) is 2. The van der Waals surface area contributed by atoms with E-state index >= 15 is 0 Å². The Balaban J connectivity index is 2.28. The number of ether oxygens (including phenoxy) is 1. The maximum absolute atomic E-state index is 12.1. The van der Waals surface area contributed by atoms with Crippen LogP contribution in [0.1, 0.15) is 12.5 Å². The van der Waals surface area contributed by atoms with Gasteiger partial charge in [0.05, 0.1) is 11.5 Å². The summed E-state index contributed by atoms with van der Waals surface area (Å²) in [5, 5.41) is 0. The molecule has 0 unspecified atom stereocenters. The zero-order valence-electron chi connectivity index (χ0n) is 10.7. The van der Waals surface area contributed by atoms with Crippen LogP contribution in [0.15, 0.2) is 35.5 Å². The molecule has 0 saturated carbocycles. The maximum Gasteiger partial charge on any atom is 0.264 e. The molecule has 0 saturated heterocycles. The molecule has 0 aliphatic heterocycles. The molecule has 0 radical (unpaired) electrons. The van der Waals surface area contributed by atoms with Crippen LogP contribution in [0.5, 0.6) is 5.75 Å². The first-order chi connectivity index (χ1) is 9.03. The van der Waals surface area contributed by atoms with E-state index in [0.29, 0.717) is 12.4 Å². The molecule has 7 heteroatoms. The van der Waals surface area contributed by atoms with E-state index in [2.05, 4.69) is 14.7 Å². The standard InChI is InChI=1S/C12H15N3O3S/c1-3-18-11-5-4-10(8-9(11)2)19(16,17)15-12-13-6-7-14-12/h4-8H,3H2,1-2H3,(H2,13,14,15). The monoisotopic (exact) mass is 281 g/mol. The molecule has 0 bridgehead atoms. The number of aromatic amines is 1. The topological polar surface area (TPSA) is 84.1 Å². The van der Waals surface area contributed by atoms with Gasteiger partial charge in [-0.05, 0) is 37.6 Å². The van der Waals surface area contributed by atoms with E-state index in [0.717, 1.165) is 5.56 Å². The molecular formula is C12H15N3O3S. The molecule has 0 amide bonds. The number of hydrogen-bond acceptors (Lipinski definition) is 4. The highest BCUT2D eigenvalue weighted by molar-refractivity contribution is 7.92. The summed E-state index contributed by atoms with van der Waals surface area (Å²) < 4.78 is 32.0. The van der Waals surface area contributed by atoms with Crippen LogP contribution < -0.4 is 9.46 Å². The minimum atomic E-state index is -3.64. The minimum absolute atomic E-state index is 0.171. The van der Waals surface area contributed by atoms with Gasteiger partial charge in [-0.25, -0.2) is 18.1 Å². The van der Waals surface area contributed by atoms with E-state index in [1.165, 1.54) is 12.3 Å². The van der Waals surface area contributed by atoms with Crippen molar-refractivity contribution in [3.8, 4) is 5.75 Å². The van der Waals surface area contributed by atoms with Crippen LogP contribution in [0.25, 0.3) is 0 Å². The highest BCUT2D eigenvalue weighted by Crippen LogP contribution is 2.22. The first kappa shape index (κ1) is 13.4. The lowest BCUT2D eigenvalue weighted by atomic mass is 10.2. The predicted molar refractivity (Wildman–Crippen MR) is 71.7 cm³/mol. The number of aryl methyl sites for hydroxylation is 1. The van der Waals surface area contributed by atoms with Gasteiger partial charge in [0.25, 0.3) is 10.0 Å². The van der Waals surface area contributed by atoms with Crippen molar-refractivity contribution in [3.05, 3.63) is 36.2 Å². The first-order valence-corrected chi connectivity index (χ1v) is 7.27. The summed E-state index contributed by atoms with van der Waals surface area (Å²) in [6.45, 7) is 4.22. The molecule has 19 heavy (non-hydrogen) atoms. The van der Waals surface area contributed by atoms with E-state index in [9.17, 15) is 8.42 Å². The second-order valence-electron chi connectivity index (χ2n) is 3.90. The number of benzene rings is 1. The average Bonchev–Trinajstić information content (AvgIpc) is 2.84. The number of sulfonamides is 1. The van der Waals surface area contributed by atoms with Gasteiger partial charge in [0.1, 0.15) is 5.75 Å². The largest absolute Gasteiger partial charge is 0.494 e. The van der Waals surface area contributed by atoms with Gasteiger partial charge in [0.15, 0.2) is 0 Å². The first-order valence-electron chi connectivity index (χ1n) is 5.78. The van der Waals surface area contributed by atoms with Crippen LogP contribution in [0, 0.1) is 6.92 Å². The Bertz CT molecular complexity index is 651. The molecule has 0 aliphatic carbocycles.